The number of hydrogen-bond donors (Lipinski definition) is 1. The van der Waals surface area contributed by atoms with Crippen molar-refractivity contribution >= 4 is 5.97 Å². The summed E-state index contributed by atoms with van der Waals surface area (Å²) in [5.41, 5.74) is -0.501. The maximum Gasteiger partial charge on any atom is 0.325 e. The second-order valence-electron chi connectivity index (χ2n) is 6.11. The summed E-state index contributed by atoms with van der Waals surface area (Å²) in [6, 6.07) is 0.480. The van der Waals surface area contributed by atoms with E-state index in [9.17, 15) is 4.79 Å². The van der Waals surface area contributed by atoms with Crippen molar-refractivity contribution in [1.29, 1.82) is 0 Å². The molecule has 1 atom stereocenters. The molecular formula is C16H31NO2. The van der Waals surface area contributed by atoms with E-state index in [2.05, 4.69) is 12.2 Å². The molecule has 0 amide bonds. The van der Waals surface area contributed by atoms with Gasteiger partial charge in [0.25, 0.3) is 0 Å². The van der Waals surface area contributed by atoms with E-state index in [1.165, 1.54) is 58.5 Å². The lowest BCUT2D eigenvalue weighted by atomic mass is 9.92. The molecule has 0 aromatic carbocycles. The molecule has 0 bridgehead atoms. The molecule has 19 heavy (non-hydrogen) atoms. The Morgan fingerprint density at radius 2 is 1.84 bits per heavy atom. The molecular weight excluding hydrogens is 238 g/mol. The second-order valence-corrected chi connectivity index (χ2v) is 6.11. The Kier molecular flexibility index (Phi) is 7.44. The first-order valence-electron chi connectivity index (χ1n) is 7.98. The predicted molar refractivity (Wildman–Crippen MR) is 79.2 cm³/mol. The van der Waals surface area contributed by atoms with Crippen LogP contribution in [-0.2, 0) is 9.53 Å². The normalized spacial score (nSPS) is 20.6. The Morgan fingerprint density at radius 1 is 1.21 bits per heavy atom. The lowest BCUT2D eigenvalue weighted by Crippen LogP contribution is -2.54. The summed E-state index contributed by atoms with van der Waals surface area (Å²) >= 11 is 0. The fourth-order valence-electron chi connectivity index (χ4n) is 3.06. The predicted octanol–water partition coefficient (Wildman–Crippen LogP) is 3.81. The highest BCUT2D eigenvalue weighted by molar-refractivity contribution is 5.80. The SMILES string of the molecule is CCCCCC(C)(NC1CCCCCC1)C(=O)OC. The molecule has 1 N–H and O–H groups in total. The van der Waals surface area contributed by atoms with Gasteiger partial charge in [-0.3, -0.25) is 10.1 Å². The molecule has 1 aliphatic rings. The van der Waals surface area contributed by atoms with Gasteiger partial charge >= 0.3 is 5.97 Å². The maximum absolute atomic E-state index is 12.1. The first kappa shape index (κ1) is 16.5. The van der Waals surface area contributed by atoms with Crippen LogP contribution in [0.5, 0.6) is 0 Å². The molecule has 0 aromatic rings. The zero-order valence-corrected chi connectivity index (χ0v) is 13.0. The third kappa shape index (κ3) is 5.52. The van der Waals surface area contributed by atoms with Crippen molar-refractivity contribution < 1.29 is 9.53 Å². The topological polar surface area (TPSA) is 38.3 Å². The minimum absolute atomic E-state index is 0.104. The van der Waals surface area contributed by atoms with Gasteiger partial charge in [0.05, 0.1) is 7.11 Å². The van der Waals surface area contributed by atoms with Crippen molar-refractivity contribution in [3.63, 3.8) is 0 Å². The molecule has 0 saturated heterocycles. The number of ether oxygens (including phenoxy) is 1. The van der Waals surface area contributed by atoms with Gasteiger partial charge in [0.1, 0.15) is 5.54 Å². The molecule has 3 heteroatoms. The Hall–Kier alpha value is -0.570. The highest BCUT2D eigenvalue weighted by Gasteiger charge is 2.35. The number of carbonyl (C=O) groups is 1. The van der Waals surface area contributed by atoms with Gasteiger partial charge in [-0.2, -0.15) is 0 Å². The van der Waals surface area contributed by atoms with Crippen LogP contribution < -0.4 is 5.32 Å². The summed E-state index contributed by atoms with van der Waals surface area (Å²) in [6.45, 7) is 4.20. The van der Waals surface area contributed by atoms with Crippen LogP contribution in [0.2, 0.25) is 0 Å². The minimum Gasteiger partial charge on any atom is -0.468 e. The van der Waals surface area contributed by atoms with Gasteiger partial charge in [-0.25, -0.2) is 0 Å². The maximum atomic E-state index is 12.1. The molecule has 0 radical (unpaired) electrons. The monoisotopic (exact) mass is 269 g/mol. The summed E-state index contributed by atoms with van der Waals surface area (Å²) in [6.07, 6.45) is 12.0. The van der Waals surface area contributed by atoms with Crippen LogP contribution >= 0.6 is 0 Å². The Bertz CT molecular complexity index is 259. The Balaban J connectivity index is 2.58. The third-order valence-electron chi connectivity index (χ3n) is 4.29. The molecule has 3 nitrogen and oxygen atoms in total. The number of rotatable bonds is 7. The second kappa shape index (κ2) is 8.57. The van der Waals surface area contributed by atoms with Crippen LogP contribution in [0, 0.1) is 0 Å². The zero-order valence-electron chi connectivity index (χ0n) is 13.0. The fraction of sp³-hybridized carbons (Fsp3) is 0.938. The van der Waals surface area contributed by atoms with Crippen LogP contribution in [0.4, 0.5) is 0 Å². The molecule has 1 aliphatic carbocycles. The van der Waals surface area contributed by atoms with Crippen molar-refractivity contribution in [2.24, 2.45) is 0 Å². The molecule has 1 saturated carbocycles. The van der Waals surface area contributed by atoms with Crippen molar-refractivity contribution in [1.82, 2.24) is 5.32 Å². The number of esters is 1. The zero-order chi connectivity index (χ0) is 14.1. The van der Waals surface area contributed by atoms with Crippen LogP contribution in [0.25, 0.3) is 0 Å². The average molecular weight is 269 g/mol. The van der Waals surface area contributed by atoms with Gasteiger partial charge in [0.15, 0.2) is 0 Å². The van der Waals surface area contributed by atoms with Crippen molar-refractivity contribution in [3.8, 4) is 0 Å². The van der Waals surface area contributed by atoms with E-state index in [1.54, 1.807) is 0 Å². The smallest absolute Gasteiger partial charge is 0.325 e. The Labute approximate surface area is 118 Å². The highest BCUT2D eigenvalue weighted by atomic mass is 16.5. The summed E-state index contributed by atoms with van der Waals surface area (Å²) in [5, 5.41) is 3.61. The van der Waals surface area contributed by atoms with Crippen LogP contribution in [0.3, 0.4) is 0 Å². The number of hydrogen-bond acceptors (Lipinski definition) is 3. The van der Waals surface area contributed by atoms with E-state index < -0.39 is 5.54 Å². The van der Waals surface area contributed by atoms with Gasteiger partial charge in [-0.1, -0.05) is 51.9 Å². The molecule has 0 aromatic heterocycles. The molecule has 0 aliphatic heterocycles. The van der Waals surface area contributed by atoms with Crippen molar-refractivity contribution in [3.05, 3.63) is 0 Å². The summed E-state index contributed by atoms with van der Waals surface area (Å²) in [5.74, 6) is -0.104. The van der Waals surface area contributed by atoms with Crippen LogP contribution in [0.15, 0.2) is 0 Å². The Morgan fingerprint density at radius 3 is 2.37 bits per heavy atom. The quantitative estimate of drug-likeness (QED) is 0.434. The molecule has 112 valence electrons. The van der Waals surface area contributed by atoms with E-state index in [0.717, 1.165) is 12.8 Å². The van der Waals surface area contributed by atoms with E-state index >= 15 is 0 Å². The highest BCUT2D eigenvalue weighted by Crippen LogP contribution is 2.23. The summed E-state index contributed by atoms with van der Waals surface area (Å²) < 4.78 is 5.02. The van der Waals surface area contributed by atoms with Crippen molar-refractivity contribution in [2.75, 3.05) is 7.11 Å². The fourth-order valence-corrected chi connectivity index (χ4v) is 3.06. The number of methoxy groups -OCH3 is 1. The summed E-state index contributed by atoms with van der Waals surface area (Å²) in [7, 11) is 1.50. The minimum atomic E-state index is -0.501. The molecule has 1 rings (SSSR count). The van der Waals surface area contributed by atoms with Gasteiger partial charge in [-0.05, 0) is 26.2 Å². The number of unbranched alkanes of at least 4 members (excludes halogenated alkanes) is 2. The lowest BCUT2D eigenvalue weighted by Gasteiger charge is -2.32. The van der Waals surface area contributed by atoms with Gasteiger partial charge in [0, 0.05) is 6.04 Å². The average Bonchev–Trinajstić information content (AvgIpc) is 2.66. The molecule has 0 spiro atoms. The van der Waals surface area contributed by atoms with E-state index in [-0.39, 0.29) is 5.97 Å². The van der Waals surface area contributed by atoms with Crippen molar-refractivity contribution in [2.45, 2.75) is 89.6 Å². The van der Waals surface area contributed by atoms with Crippen LogP contribution in [0.1, 0.15) is 78.1 Å². The number of carbonyl (C=O) groups excluding carboxylic acids is 1. The first-order chi connectivity index (χ1) is 9.12. The third-order valence-corrected chi connectivity index (χ3v) is 4.29. The van der Waals surface area contributed by atoms with E-state index in [1.807, 2.05) is 6.92 Å². The van der Waals surface area contributed by atoms with Crippen LogP contribution in [-0.4, -0.2) is 24.7 Å². The molecule has 1 unspecified atom stereocenters. The molecule has 1 fully saturated rings. The lowest BCUT2D eigenvalue weighted by molar-refractivity contribution is -0.148. The van der Waals surface area contributed by atoms with E-state index in [0.29, 0.717) is 6.04 Å². The summed E-state index contributed by atoms with van der Waals surface area (Å²) in [4.78, 5) is 12.1. The molecule has 0 heterocycles. The van der Waals surface area contributed by atoms with Gasteiger partial charge < -0.3 is 4.74 Å². The van der Waals surface area contributed by atoms with Gasteiger partial charge in [0.2, 0.25) is 0 Å². The number of nitrogens with one attached hydrogen (secondary N) is 1. The standard InChI is InChI=1S/C16H31NO2/c1-4-5-10-13-16(2,15(18)19-3)17-14-11-8-6-7-9-12-14/h14,17H,4-13H2,1-3H3. The first-order valence-corrected chi connectivity index (χ1v) is 7.98. The largest absolute Gasteiger partial charge is 0.468 e. The van der Waals surface area contributed by atoms with Gasteiger partial charge in [-0.15, -0.1) is 0 Å². The van der Waals surface area contributed by atoms with E-state index in [4.69, 9.17) is 4.74 Å².